The van der Waals surface area contributed by atoms with Crippen LogP contribution >= 0.6 is 0 Å². The summed E-state index contributed by atoms with van der Waals surface area (Å²) in [6, 6.07) is 6.28. The van der Waals surface area contributed by atoms with Crippen molar-refractivity contribution in [2.45, 2.75) is 87.7 Å². The molecule has 0 aromatic heterocycles. The second-order valence-corrected chi connectivity index (χ2v) is 10.8. The number of hydrogen-bond acceptors (Lipinski definition) is 13. The predicted molar refractivity (Wildman–Crippen MR) is 133 cm³/mol. The number of aliphatic hydroxyl groups is 6. The fourth-order valence-corrected chi connectivity index (χ4v) is 5.12. The van der Waals surface area contributed by atoms with Crippen molar-refractivity contribution >= 4 is 11.7 Å². The smallest absolute Gasteiger partial charge is 0.288 e. The maximum Gasteiger partial charge on any atom is 0.288 e. The monoisotopic (exact) mass is 571 g/mol. The van der Waals surface area contributed by atoms with E-state index in [4.69, 9.17) is 23.7 Å². The highest BCUT2D eigenvalue weighted by Gasteiger charge is 2.52. The van der Waals surface area contributed by atoms with Crippen molar-refractivity contribution < 1.29 is 63.9 Å². The first kappa shape index (κ1) is 30.7. The van der Waals surface area contributed by atoms with Crippen molar-refractivity contribution in [1.82, 2.24) is 5.32 Å². The molecule has 1 aromatic rings. The summed E-state index contributed by atoms with van der Waals surface area (Å²) in [5.74, 6) is -0.790. The maximum absolute atomic E-state index is 12.1. The minimum atomic E-state index is -1.64. The molecule has 0 radical (unpaired) electrons. The molecule has 1 amide bonds. The molecule has 0 bridgehead atoms. The van der Waals surface area contributed by atoms with Crippen molar-refractivity contribution in [3.05, 3.63) is 29.8 Å². The Bertz CT molecular complexity index is 1030. The van der Waals surface area contributed by atoms with Crippen LogP contribution in [-0.4, -0.2) is 130 Å². The Balaban J connectivity index is 1.40. The molecule has 14 heteroatoms. The Morgan fingerprint density at radius 3 is 2.00 bits per heavy atom. The van der Waals surface area contributed by atoms with Gasteiger partial charge in [0.1, 0.15) is 54.6 Å². The number of Topliss-reactive ketones (excluding diaryl/α,β-unsaturated/α-hetero) is 1. The van der Waals surface area contributed by atoms with Crippen molar-refractivity contribution in [2.75, 3.05) is 20.3 Å². The zero-order chi connectivity index (χ0) is 29.4. The Hall–Kier alpha value is -2.24. The SMILES string of the molecule is CO[C@H]1[C@H](O[C@H]2[C@H](O)[C@@H](O)[C@H](Oc3ccc(CC4NC(=O)C(=O)C4(C)C)cc3)O[C@@H]2CO)O[C@H](CO)[C@@H](O)[C@@H]1O. The van der Waals surface area contributed by atoms with E-state index in [1.807, 2.05) is 0 Å². The van der Waals surface area contributed by atoms with Gasteiger partial charge >= 0.3 is 0 Å². The largest absolute Gasteiger partial charge is 0.462 e. The fraction of sp³-hybridized carbons (Fsp3) is 0.692. The van der Waals surface area contributed by atoms with Gasteiger partial charge < -0.3 is 59.6 Å². The molecule has 11 atom stereocenters. The molecule has 4 rings (SSSR count). The fourth-order valence-electron chi connectivity index (χ4n) is 5.12. The Labute approximate surface area is 230 Å². The van der Waals surface area contributed by atoms with Gasteiger partial charge in [-0.25, -0.2) is 0 Å². The molecule has 0 aliphatic carbocycles. The van der Waals surface area contributed by atoms with E-state index in [9.17, 15) is 40.2 Å². The van der Waals surface area contributed by atoms with Crippen LogP contribution in [-0.2, 0) is 35.0 Å². The van der Waals surface area contributed by atoms with Crippen molar-refractivity contribution in [2.24, 2.45) is 5.41 Å². The van der Waals surface area contributed by atoms with Gasteiger partial charge in [0.05, 0.1) is 18.6 Å². The molecule has 0 saturated carbocycles. The molecule has 3 fully saturated rings. The first-order valence-electron chi connectivity index (χ1n) is 13.0. The molecule has 40 heavy (non-hydrogen) atoms. The molecular formula is C26H37NO13. The highest BCUT2D eigenvalue weighted by molar-refractivity contribution is 6.40. The number of hydrogen-bond donors (Lipinski definition) is 7. The number of amides is 1. The molecular weight excluding hydrogens is 534 g/mol. The summed E-state index contributed by atoms with van der Waals surface area (Å²) in [4.78, 5) is 23.9. The van der Waals surface area contributed by atoms with Gasteiger partial charge in [0, 0.05) is 13.2 Å². The molecule has 3 aliphatic rings. The van der Waals surface area contributed by atoms with Crippen LogP contribution in [0.4, 0.5) is 0 Å². The Kier molecular flexibility index (Phi) is 9.46. The summed E-state index contributed by atoms with van der Waals surface area (Å²) in [7, 11) is 1.24. The maximum atomic E-state index is 12.1. The topological polar surface area (TPSA) is 214 Å². The molecule has 224 valence electrons. The third-order valence-corrected chi connectivity index (χ3v) is 7.79. The summed E-state index contributed by atoms with van der Waals surface area (Å²) in [5.41, 5.74) is -0.0237. The standard InChI is InChI=1S/C26H37NO13/c1-26(2)15(27-23(35)22(26)34)8-11-4-6-12(7-5-11)37-24-19(33)18(32)20(14(10-29)39-24)40-25-21(36-3)17(31)16(30)13(9-28)38-25/h4-7,13-21,24-25,28-33H,8-10H2,1-3H3,(H,27,35)/t13-,14-,15?,16-,17+,18-,19-,20-,21-,24-,25+/m1/s1. The third-order valence-electron chi connectivity index (χ3n) is 7.79. The van der Waals surface area contributed by atoms with E-state index in [1.54, 1.807) is 38.1 Å². The molecule has 3 aliphatic heterocycles. The normalized spacial score (nSPS) is 39.7. The number of benzene rings is 1. The van der Waals surface area contributed by atoms with E-state index in [0.29, 0.717) is 6.42 Å². The van der Waals surface area contributed by atoms with Gasteiger partial charge in [-0.05, 0) is 24.1 Å². The van der Waals surface area contributed by atoms with Gasteiger partial charge in [-0.15, -0.1) is 0 Å². The lowest BCUT2D eigenvalue weighted by Gasteiger charge is -2.46. The number of methoxy groups -OCH3 is 1. The van der Waals surface area contributed by atoms with Gasteiger partial charge in [-0.1, -0.05) is 26.0 Å². The van der Waals surface area contributed by atoms with Gasteiger partial charge in [-0.3, -0.25) is 9.59 Å². The lowest BCUT2D eigenvalue weighted by Crippen LogP contribution is -2.65. The number of ether oxygens (including phenoxy) is 5. The second kappa shape index (κ2) is 12.3. The van der Waals surface area contributed by atoms with Crippen LogP contribution in [0.1, 0.15) is 19.4 Å². The molecule has 1 unspecified atom stereocenters. The Morgan fingerprint density at radius 2 is 1.45 bits per heavy atom. The highest BCUT2D eigenvalue weighted by Crippen LogP contribution is 2.32. The average Bonchev–Trinajstić information content (AvgIpc) is 3.13. The van der Waals surface area contributed by atoms with E-state index in [1.165, 1.54) is 7.11 Å². The number of ketones is 1. The minimum absolute atomic E-state index is 0.278. The van der Waals surface area contributed by atoms with Gasteiger partial charge in [0.2, 0.25) is 12.1 Å². The number of rotatable bonds is 9. The molecule has 3 saturated heterocycles. The summed E-state index contributed by atoms with van der Waals surface area (Å²) >= 11 is 0. The summed E-state index contributed by atoms with van der Waals surface area (Å²) in [6.07, 6.45) is -13.6. The number of aliphatic hydroxyl groups excluding tert-OH is 6. The lowest BCUT2D eigenvalue weighted by atomic mass is 9.81. The predicted octanol–water partition coefficient (Wildman–Crippen LogP) is -3.02. The van der Waals surface area contributed by atoms with Crippen LogP contribution in [0.3, 0.4) is 0 Å². The zero-order valence-electron chi connectivity index (χ0n) is 22.3. The van der Waals surface area contributed by atoms with Crippen LogP contribution in [0.25, 0.3) is 0 Å². The van der Waals surface area contributed by atoms with E-state index >= 15 is 0 Å². The van der Waals surface area contributed by atoms with E-state index in [0.717, 1.165) is 5.56 Å². The Morgan fingerprint density at radius 1 is 0.850 bits per heavy atom. The third kappa shape index (κ3) is 5.87. The average molecular weight is 572 g/mol. The van der Waals surface area contributed by atoms with Crippen molar-refractivity contribution in [3.63, 3.8) is 0 Å². The first-order chi connectivity index (χ1) is 18.9. The number of carbonyl (C=O) groups excluding carboxylic acids is 2. The van der Waals surface area contributed by atoms with Crippen LogP contribution in [0.15, 0.2) is 24.3 Å². The molecule has 14 nitrogen and oxygen atoms in total. The summed E-state index contributed by atoms with van der Waals surface area (Å²) < 4.78 is 27.8. The zero-order valence-corrected chi connectivity index (χ0v) is 22.3. The first-order valence-corrected chi connectivity index (χ1v) is 13.0. The van der Waals surface area contributed by atoms with Crippen LogP contribution in [0.5, 0.6) is 5.75 Å². The minimum Gasteiger partial charge on any atom is -0.462 e. The van der Waals surface area contributed by atoms with Crippen LogP contribution < -0.4 is 10.1 Å². The number of nitrogens with one attached hydrogen (secondary N) is 1. The van der Waals surface area contributed by atoms with Crippen LogP contribution in [0.2, 0.25) is 0 Å². The molecule has 0 spiro atoms. The van der Waals surface area contributed by atoms with E-state index < -0.39 is 91.7 Å². The van der Waals surface area contributed by atoms with Crippen molar-refractivity contribution in [3.8, 4) is 5.75 Å². The quantitative estimate of drug-likeness (QED) is 0.147. The van der Waals surface area contributed by atoms with Crippen LogP contribution in [0, 0.1) is 5.41 Å². The van der Waals surface area contributed by atoms with Gasteiger partial charge in [0.15, 0.2) is 6.29 Å². The van der Waals surface area contributed by atoms with Crippen molar-refractivity contribution in [1.29, 1.82) is 0 Å². The lowest BCUT2D eigenvalue weighted by molar-refractivity contribution is -0.354. The highest BCUT2D eigenvalue weighted by atomic mass is 16.7. The molecule has 7 N–H and O–H groups in total. The number of carbonyl (C=O) groups is 2. The second-order valence-electron chi connectivity index (χ2n) is 10.8. The molecule has 1 aromatic carbocycles. The summed E-state index contributed by atoms with van der Waals surface area (Å²) in [5, 5.41) is 64.1. The van der Waals surface area contributed by atoms with E-state index in [2.05, 4.69) is 5.32 Å². The molecule has 3 heterocycles. The van der Waals surface area contributed by atoms with E-state index in [-0.39, 0.29) is 11.8 Å². The van der Waals surface area contributed by atoms with Gasteiger partial charge in [0.25, 0.3) is 5.91 Å². The summed E-state index contributed by atoms with van der Waals surface area (Å²) in [6.45, 7) is 2.14. The van der Waals surface area contributed by atoms with Gasteiger partial charge in [-0.2, -0.15) is 0 Å².